The first-order valence-corrected chi connectivity index (χ1v) is 8.29. The van der Waals surface area contributed by atoms with Crippen molar-refractivity contribution in [3.8, 4) is 0 Å². The van der Waals surface area contributed by atoms with Gasteiger partial charge in [-0.3, -0.25) is 9.69 Å². The molecule has 2 saturated heterocycles. The molecule has 3 heterocycles. The van der Waals surface area contributed by atoms with E-state index in [1.54, 1.807) is 7.11 Å². The monoisotopic (exact) mass is 322 g/mol. The first-order chi connectivity index (χ1) is 11.1. The molecule has 1 amide bonds. The highest BCUT2D eigenvalue weighted by atomic mass is 16.5. The quantitative estimate of drug-likeness (QED) is 0.841. The van der Waals surface area contributed by atoms with Crippen molar-refractivity contribution < 1.29 is 18.7 Å². The third kappa shape index (κ3) is 3.44. The van der Waals surface area contributed by atoms with Gasteiger partial charge < -0.3 is 18.8 Å². The predicted octanol–water partition coefficient (Wildman–Crippen LogP) is 1.53. The highest BCUT2D eigenvalue weighted by Crippen LogP contribution is 2.26. The van der Waals surface area contributed by atoms with Crippen LogP contribution in [0.3, 0.4) is 0 Å². The SMILES string of the molecule is COCc1cc(C(=O)N2CC(C)C(N3CCOCC3)C2)c(C)o1. The van der Waals surface area contributed by atoms with Gasteiger partial charge in [0.2, 0.25) is 0 Å². The summed E-state index contributed by atoms with van der Waals surface area (Å²) in [5.41, 5.74) is 0.659. The maximum absolute atomic E-state index is 12.8. The Kier molecular flexibility index (Phi) is 5.04. The van der Waals surface area contributed by atoms with E-state index < -0.39 is 0 Å². The summed E-state index contributed by atoms with van der Waals surface area (Å²) in [5.74, 6) is 1.91. The van der Waals surface area contributed by atoms with Gasteiger partial charge in [-0.2, -0.15) is 0 Å². The van der Waals surface area contributed by atoms with Gasteiger partial charge in [-0.1, -0.05) is 6.92 Å². The Labute approximate surface area is 137 Å². The largest absolute Gasteiger partial charge is 0.463 e. The molecule has 2 atom stereocenters. The lowest BCUT2D eigenvalue weighted by Crippen LogP contribution is -2.47. The lowest BCUT2D eigenvalue weighted by molar-refractivity contribution is 0.0119. The van der Waals surface area contributed by atoms with Crippen LogP contribution >= 0.6 is 0 Å². The summed E-state index contributed by atoms with van der Waals surface area (Å²) in [4.78, 5) is 17.3. The molecule has 23 heavy (non-hydrogen) atoms. The highest BCUT2D eigenvalue weighted by molar-refractivity contribution is 5.95. The minimum atomic E-state index is 0.0659. The van der Waals surface area contributed by atoms with Gasteiger partial charge in [0.15, 0.2) is 0 Å². The van der Waals surface area contributed by atoms with Crippen LogP contribution in [-0.2, 0) is 16.1 Å². The molecule has 3 rings (SSSR count). The topological polar surface area (TPSA) is 55.2 Å². The first-order valence-electron chi connectivity index (χ1n) is 8.29. The molecule has 1 aromatic rings. The number of likely N-dealkylation sites (tertiary alicyclic amines) is 1. The van der Waals surface area contributed by atoms with Crippen LogP contribution in [0.25, 0.3) is 0 Å². The number of amides is 1. The van der Waals surface area contributed by atoms with Crippen molar-refractivity contribution >= 4 is 5.91 Å². The molecule has 2 fully saturated rings. The van der Waals surface area contributed by atoms with E-state index in [1.165, 1.54) is 0 Å². The molecule has 0 N–H and O–H groups in total. The third-order valence-electron chi connectivity index (χ3n) is 4.86. The molecule has 2 unspecified atom stereocenters. The summed E-state index contributed by atoms with van der Waals surface area (Å²) in [6, 6.07) is 2.24. The number of carbonyl (C=O) groups is 1. The number of hydrogen-bond acceptors (Lipinski definition) is 5. The van der Waals surface area contributed by atoms with Gasteiger partial charge in [0.05, 0.1) is 18.8 Å². The summed E-state index contributed by atoms with van der Waals surface area (Å²) < 4.78 is 16.1. The Morgan fingerprint density at radius 2 is 2.09 bits per heavy atom. The maximum Gasteiger partial charge on any atom is 0.257 e. The second-order valence-electron chi connectivity index (χ2n) is 6.52. The van der Waals surface area contributed by atoms with E-state index >= 15 is 0 Å². The molecule has 6 heteroatoms. The fourth-order valence-electron chi connectivity index (χ4n) is 3.64. The number of methoxy groups -OCH3 is 1. The van der Waals surface area contributed by atoms with Gasteiger partial charge in [-0.05, 0) is 18.9 Å². The Balaban J connectivity index is 1.68. The number of morpholine rings is 1. The van der Waals surface area contributed by atoms with E-state index in [9.17, 15) is 4.79 Å². The summed E-state index contributed by atoms with van der Waals surface area (Å²) in [5, 5.41) is 0. The first kappa shape index (κ1) is 16.5. The average molecular weight is 322 g/mol. The van der Waals surface area contributed by atoms with Crippen molar-refractivity contribution in [2.45, 2.75) is 26.5 Å². The Hall–Kier alpha value is -1.37. The lowest BCUT2D eigenvalue weighted by atomic mass is 10.0. The number of nitrogens with zero attached hydrogens (tertiary/aromatic N) is 2. The summed E-state index contributed by atoms with van der Waals surface area (Å²) in [7, 11) is 1.62. The fraction of sp³-hybridized carbons (Fsp3) is 0.706. The maximum atomic E-state index is 12.8. The second-order valence-corrected chi connectivity index (χ2v) is 6.52. The molecule has 0 saturated carbocycles. The molecule has 0 bridgehead atoms. The highest BCUT2D eigenvalue weighted by Gasteiger charge is 2.37. The standard InChI is InChI=1S/C17H26N2O4/c1-12-9-19(10-16(12)18-4-6-22-7-5-18)17(20)15-8-14(11-21-3)23-13(15)2/h8,12,16H,4-7,9-11H2,1-3H3. The van der Waals surface area contributed by atoms with Crippen molar-refractivity contribution in [1.29, 1.82) is 0 Å². The molecular formula is C17H26N2O4. The van der Waals surface area contributed by atoms with Crippen LogP contribution in [-0.4, -0.2) is 68.3 Å². The van der Waals surface area contributed by atoms with Crippen LogP contribution in [0.5, 0.6) is 0 Å². The Bertz CT molecular complexity index is 551. The third-order valence-corrected chi connectivity index (χ3v) is 4.86. The van der Waals surface area contributed by atoms with E-state index in [-0.39, 0.29) is 5.91 Å². The zero-order valence-corrected chi connectivity index (χ0v) is 14.2. The van der Waals surface area contributed by atoms with E-state index in [4.69, 9.17) is 13.9 Å². The molecule has 6 nitrogen and oxygen atoms in total. The van der Waals surface area contributed by atoms with Crippen molar-refractivity contribution in [2.24, 2.45) is 5.92 Å². The molecule has 1 aromatic heterocycles. The number of hydrogen-bond donors (Lipinski definition) is 0. The van der Waals surface area contributed by atoms with Gasteiger partial charge in [-0.25, -0.2) is 0 Å². The molecule has 128 valence electrons. The smallest absolute Gasteiger partial charge is 0.257 e. The van der Waals surface area contributed by atoms with Gasteiger partial charge in [-0.15, -0.1) is 0 Å². The number of furan rings is 1. The minimum absolute atomic E-state index is 0.0659. The van der Waals surface area contributed by atoms with Crippen LogP contribution in [0.2, 0.25) is 0 Å². The Morgan fingerprint density at radius 1 is 1.35 bits per heavy atom. The second kappa shape index (κ2) is 7.03. The lowest BCUT2D eigenvalue weighted by Gasteiger charge is -2.33. The van der Waals surface area contributed by atoms with E-state index in [0.29, 0.717) is 35.7 Å². The minimum Gasteiger partial charge on any atom is -0.463 e. The molecule has 2 aliphatic rings. The summed E-state index contributed by atoms with van der Waals surface area (Å²) in [6.45, 7) is 9.53. The van der Waals surface area contributed by atoms with Gasteiger partial charge in [0.25, 0.3) is 5.91 Å². The van der Waals surface area contributed by atoms with Crippen molar-refractivity contribution in [3.63, 3.8) is 0 Å². The number of aryl methyl sites for hydroxylation is 1. The molecule has 0 spiro atoms. The van der Waals surface area contributed by atoms with Crippen LogP contribution < -0.4 is 0 Å². The predicted molar refractivity (Wildman–Crippen MR) is 85.4 cm³/mol. The number of ether oxygens (including phenoxy) is 2. The van der Waals surface area contributed by atoms with Gasteiger partial charge >= 0.3 is 0 Å². The molecular weight excluding hydrogens is 296 g/mol. The zero-order chi connectivity index (χ0) is 16.4. The van der Waals surface area contributed by atoms with E-state index in [1.807, 2.05) is 17.9 Å². The summed E-state index contributed by atoms with van der Waals surface area (Å²) >= 11 is 0. The zero-order valence-electron chi connectivity index (χ0n) is 14.2. The van der Waals surface area contributed by atoms with Crippen molar-refractivity contribution in [1.82, 2.24) is 9.80 Å². The van der Waals surface area contributed by atoms with E-state index in [0.717, 1.165) is 39.4 Å². The van der Waals surface area contributed by atoms with Crippen LogP contribution in [0.1, 0.15) is 28.8 Å². The van der Waals surface area contributed by atoms with Gasteiger partial charge in [0.1, 0.15) is 18.1 Å². The van der Waals surface area contributed by atoms with Crippen LogP contribution in [0.15, 0.2) is 10.5 Å². The van der Waals surface area contributed by atoms with E-state index in [2.05, 4.69) is 11.8 Å². The molecule has 2 aliphatic heterocycles. The number of carbonyl (C=O) groups excluding carboxylic acids is 1. The van der Waals surface area contributed by atoms with Crippen LogP contribution in [0.4, 0.5) is 0 Å². The number of rotatable bonds is 4. The summed E-state index contributed by atoms with van der Waals surface area (Å²) in [6.07, 6.45) is 0. The van der Waals surface area contributed by atoms with Crippen LogP contribution in [0, 0.1) is 12.8 Å². The molecule has 0 aromatic carbocycles. The Morgan fingerprint density at radius 3 is 2.78 bits per heavy atom. The average Bonchev–Trinajstić information content (AvgIpc) is 3.11. The fourth-order valence-corrected chi connectivity index (χ4v) is 3.64. The molecule has 0 aliphatic carbocycles. The van der Waals surface area contributed by atoms with Crippen molar-refractivity contribution in [2.75, 3.05) is 46.5 Å². The van der Waals surface area contributed by atoms with Crippen molar-refractivity contribution in [3.05, 3.63) is 23.2 Å². The van der Waals surface area contributed by atoms with Gasteiger partial charge in [0, 0.05) is 39.3 Å². The molecule has 0 radical (unpaired) electrons. The normalized spacial score (nSPS) is 26.0.